The number of imidazole rings is 1. The lowest BCUT2D eigenvalue weighted by Crippen LogP contribution is -2.49. The molecule has 11 rings (SSSR count). The van der Waals surface area contributed by atoms with E-state index < -0.39 is 36.3 Å². The molecule has 0 spiro atoms. The zero-order chi connectivity index (χ0) is 32.8. The summed E-state index contributed by atoms with van der Waals surface area (Å²) in [6.45, 7) is 2.20. The Bertz CT molecular complexity index is 1540. The van der Waals surface area contributed by atoms with E-state index >= 15 is 0 Å². The normalized spacial score (nSPS) is 42.0. The summed E-state index contributed by atoms with van der Waals surface area (Å²) >= 11 is 0. The fourth-order valence-corrected chi connectivity index (χ4v) is 12.2. The van der Waals surface area contributed by atoms with Crippen molar-refractivity contribution < 1.29 is 37.7 Å². The van der Waals surface area contributed by atoms with Gasteiger partial charge in [0.2, 0.25) is 0 Å². The molecule has 3 heterocycles. The second-order valence-electron chi connectivity index (χ2n) is 17.1. The first-order chi connectivity index (χ1) is 23.0. The minimum Gasteiger partial charge on any atom is -0.434 e. The molecule has 2 aromatic rings. The molecule has 2 aromatic heterocycles. The number of hydrogen-bond acceptors (Lipinski definition) is 11. The Morgan fingerprint density at radius 1 is 0.812 bits per heavy atom. The number of carbonyl (C=O) groups excluding carboxylic acids is 2. The van der Waals surface area contributed by atoms with Gasteiger partial charge in [-0.2, -0.15) is 14.4 Å². The number of halogens is 1. The van der Waals surface area contributed by atoms with Crippen molar-refractivity contribution >= 4 is 29.3 Å². The van der Waals surface area contributed by atoms with Crippen LogP contribution in [0.1, 0.15) is 96.6 Å². The van der Waals surface area contributed by atoms with E-state index in [0.717, 1.165) is 74.0 Å². The lowest BCUT2D eigenvalue weighted by molar-refractivity contribution is -0.137. The maximum absolute atomic E-state index is 14.2. The lowest BCUT2D eigenvalue weighted by atomic mass is 9.50. The average Bonchev–Trinajstić information content (AvgIpc) is 3.58. The van der Waals surface area contributed by atoms with Gasteiger partial charge in [0.15, 0.2) is 17.0 Å². The van der Waals surface area contributed by atoms with E-state index in [9.17, 15) is 14.0 Å². The molecule has 0 aromatic carbocycles. The zero-order valence-corrected chi connectivity index (χ0v) is 27.6. The minimum atomic E-state index is -1.27. The highest BCUT2D eigenvalue weighted by molar-refractivity contribution is 5.81. The van der Waals surface area contributed by atoms with Crippen LogP contribution in [0, 0.1) is 52.4 Å². The van der Waals surface area contributed by atoms with E-state index in [1.54, 1.807) is 6.92 Å². The van der Waals surface area contributed by atoms with Crippen LogP contribution in [0.2, 0.25) is 0 Å². The van der Waals surface area contributed by atoms with Crippen LogP contribution in [0.4, 0.5) is 19.8 Å². The van der Waals surface area contributed by atoms with Gasteiger partial charge in [0, 0.05) is 17.3 Å². The highest BCUT2D eigenvalue weighted by atomic mass is 19.1. The molecule has 0 unspecified atom stereocenters. The monoisotopic (exact) mass is 667 g/mol. The third-order valence-corrected chi connectivity index (χ3v) is 13.3. The summed E-state index contributed by atoms with van der Waals surface area (Å²) in [5.74, 6) is 4.33. The van der Waals surface area contributed by atoms with E-state index in [0.29, 0.717) is 13.2 Å². The highest BCUT2D eigenvalue weighted by Crippen LogP contribution is 2.61. The van der Waals surface area contributed by atoms with Crippen molar-refractivity contribution in [2.75, 3.05) is 25.6 Å². The number of nitrogen functional groups attached to an aromatic ring is 1. The Kier molecular flexibility index (Phi) is 7.16. The topological polar surface area (TPSA) is 150 Å². The fourth-order valence-electron chi connectivity index (χ4n) is 12.2. The summed E-state index contributed by atoms with van der Waals surface area (Å²) in [6.07, 6.45) is 11.9. The lowest BCUT2D eigenvalue weighted by Gasteiger charge is -2.56. The molecule has 1 saturated heterocycles. The fraction of sp³-hybridized carbons (Fsp3) is 0.800. The van der Waals surface area contributed by atoms with Crippen molar-refractivity contribution in [1.82, 2.24) is 19.5 Å². The van der Waals surface area contributed by atoms with Crippen molar-refractivity contribution in [2.24, 2.45) is 46.3 Å². The SMILES string of the molecule is C[C@]1(COC(=O)OCC23CC4CC(CC(C4)C2)C3)O[C@@H](n2cnc3c(N)nc(F)nc32)C[C@@H]1OC(=O)OCC12CC3CC(CC(C3)C1)C2. The second-order valence-corrected chi connectivity index (χ2v) is 17.1. The Morgan fingerprint density at radius 2 is 1.31 bits per heavy atom. The van der Waals surface area contributed by atoms with Crippen LogP contribution in [0.15, 0.2) is 6.33 Å². The predicted molar refractivity (Wildman–Crippen MR) is 168 cm³/mol. The van der Waals surface area contributed by atoms with Gasteiger partial charge in [-0.1, -0.05) is 0 Å². The second kappa shape index (κ2) is 11.1. The molecular weight excluding hydrogens is 621 g/mol. The highest BCUT2D eigenvalue weighted by Gasteiger charge is 2.54. The first kappa shape index (κ1) is 30.8. The van der Waals surface area contributed by atoms with Crippen LogP contribution in [0.25, 0.3) is 11.2 Å². The smallest absolute Gasteiger partial charge is 0.434 e. The maximum Gasteiger partial charge on any atom is 0.508 e. The molecular formula is C35H46FN5O7. The summed E-state index contributed by atoms with van der Waals surface area (Å²) in [5.41, 5.74) is 5.10. The van der Waals surface area contributed by atoms with Crippen LogP contribution in [-0.2, 0) is 23.7 Å². The number of hydrogen-bond donors (Lipinski definition) is 1. The van der Waals surface area contributed by atoms with Gasteiger partial charge in [-0.3, -0.25) is 4.57 Å². The quantitative estimate of drug-likeness (QED) is 0.248. The molecule has 0 radical (unpaired) electrons. The van der Waals surface area contributed by atoms with Crippen LogP contribution in [-0.4, -0.2) is 63.4 Å². The summed E-state index contributed by atoms with van der Waals surface area (Å²) in [7, 11) is 0. The molecule has 0 amide bonds. The number of anilines is 1. The molecule has 9 aliphatic rings. The molecule has 48 heavy (non-hydrogen) atoms. The number of nitrogens with two attached hydrogens (primary N) is 1. The molecule has 13 heteroatoms. The van der Waals surface area contributed by atoms with Crippen molar-refractivity contribution in [3.63, 3.8) is 0 Å². The van der Waals surface area contributed by atoms with Gasteiger partial charge in [-0.05, 0) is 119 Å². The van der Waals surface area contributed by atoms with Gasteiger partial charge in [-0.25, -0.2) is 14.6 Å². The van der Waals surface area contributed by atoms with E-state index in [4.69, 9.17) is 29.4 Å². The Labute approximate surface area is 278 Å². The minimum absolute atomic E-state index is 0.0365. The zero-order valence-electron chi connectivity index (χ0n) is 27.6. The molecule has 8 bridgehead atoms. The number of rotatable bonds is 8. The van der Waals surface area contributed by atoms with E-state index in [1.165, 1.54) is 49.4 Å². The molecule has 3 atom stereocenters. The van der Waals surface area contributed by atoms with Crippen LogP contribution < -0.4 is 5.73 Å². The molecule has 2 N–H and O–H groups in total. The van der Waals surface area contributed by atoms with Crippen molar-refractivity contribution in [2.45, 2.75) is 108 Å². The van der Waals surface area contributed by atoms with Gasteiger partial charge in [-0.15, -0.1) is 0 Å². The van der Waals surface area contributed by atoms with Gasteiger partial charge >= 0.3 is 18.4 Å². The summed E-state index contributed by atoms with van der Waals surface area (Å²) in [4.78, 5) is 38.0. The van der Waals surface area contributed by atoms with Crippen molar-refractivity contribution in [1.29, 1.82) is 0 Å². The standard InChI is InChI=1S/C35H46FN5O7/c1-33(15-44-31(42)45-16-34-9-19-2-20(10-34)4-21(3-19)11-34)25(8-26(48-33)41-18-38-27-28(37)39-30(36)40-29(27)41)47-32(43)46-17-35-12-22-5-23(13-35)7-24(6-22)14-35/h18-26H,2-17H2,1H3,(H2,37,39,40)/t19?,20?,21?,22?,23?,24?,25-,26+,33+,34?,35?/m0/s1. The molecule has 12 nitrogen and oxygen atoms in total. The largest absolute Gasteiger partial charge is 0.508 e. The molecule has 1 aliphatic heterocycles. The Morgan fingerprint density at radius 3 is 1.85 bits per heavy atom. The van der Waals surface area contributed by atoms with Gasteiger partial charge in [0.25, 0.3) is 0 Å². The van der Waals surface area contributed by atoms with Crippen molar-refractivity contribution in [3.8, 4) is 0 Å². The number of nitrogens with zero attached hydrogens (tertiary/aromatic N) is 4. The number of aromatic nitrogens is 4. The molecule has 8 aliphatic carbocycles. The van der Waals surface area contributed by atoms with Crippen LogP contribution in [0.3, 0.4) is 0 Å². The summed E-state index contributed by atoms with van der Waals surface area (Å²) in [6, 6.07) is 0. The predicted octanol–water partition coefficient (Wildman–Crippen LogP) is 6.33. The van der Waals surface area contributed by atoms with Gasteiger partial charge < -0.3 is 29.4 Å². The van der Waals surface area contributed by atoms with Gasteiger partial charge in [0.1, 0.15) is 37.8 Å². The van der Waals surface area contributed by atoms with E-state index in [1.807, 2.05) is 0 Å². The molecule has 8 saturated carbocycles. The van der Waals surface area contributed by atoms with Crippen LogP contribution in [0.5, 0.6) is 0 Å². The maximum atomic E-state index is 14.2. The third-order valence-electron chi connectivity index (χ3n) is 13.3. The number of ether oxygens (including phenoxy) is 5. The van der Waals surface area contributed by atoms with E-state index in [2.05, 4.69) is 15.0 Å². The Hall–Kier alpha value is -3.22. The average molecular weight is 668 g/mol. The summed E-state index contributed by atoms with van der Waals surface area (Å²) < 4.78 is 45.3. The molecule has 9 fully saturated rings. The molecule has 260 valence electrons. The summed E-state index contributed by atoms with van der Waals surface area (Å²) in [5, 5.41) is 0. The first-order valence-electron chi connectivity index (χ1n) is 18.0. The van der Waals surface area contributed by atoms with E-state index in [-0.39, 0.29) is 40.8 Å². The Balaban J connectivity index is 0.881. The number of carbonyl (C=O) groups is 2. The van der Waals surface area contributed by atoms with Crippen molar-refractivity contribution in [3.05, 3.63) is 12.4 Å². The van der Waals surface area contributed by atoms with Gasteiger partial charge in [0.05, 0.1) is 6.33 Å². The third kappa shape index (κ3) is 5.48. The van der Waals surface area contributed by atoms with Crippen LogP contribution >= 0.6 is 0 Å². The number of fused-ring (bicyclic) bond motifs is 1. The first-order valence-corrected chi connectivity index (χ1v) is 18.0.